The number of pyridine rings is 1. The van der Waals surface area contributed by atoms with Crippen LogP contribution in [0.25, 0.3) is 0 Å². The number of rotatable bonds is 4. The SMILES string of the molecule is CCOc1ccc(NC(=O)c2cccnc2)cc1F.Cl. The Hall–Kier alpha value is -2.14. The van der Waals surface area contributed by atoms with E-state index in [9.17, 15) is 9.18 Å². The number of halogens is 2. The monoisotopic (exact) mass is 296 g/mol. The molecule has 0 spiro atoms. The van der Waals surface area contributed by atoms with Crippen LogP contribution >= 0.6 is 12.4 Å². The number of nitrogens with one attached hydrogen (secondary N) is 1. The van der Waals surface area contributed by atoms with E-state index in [2.05, 4.69) is 10.3 Å². The van der Waals surface area contributed by atoms with Crippen molar-refractivity contribution < 1.29 is 13.9 Å². The molecule has 0 unspecified atom stereocenters. The van der Waals surface area contributed by atoms with Gasteiger partial charge in [0, 0.05) is 24.1 Å². The third-order valence-corrected chi connectivity index (χ3v) is 2.41. The molecule has 0 radical (unpaired) electrons. The Balaban J connectivity index is 0.00000200. The summed E-state index contributed by atoms with van der Waals surface area (Å²) in [5, 5.41) is 2.59. The van der Waals surface area contributed by atoms with Crippen molar-refractivity contribution in [2.45, 2.75) is 6.92 Å². The first-order valence-corrected chi connectivity index (χ1v) is 5.84. The number of aromatic nitrogens is 1. The molecule has 0 saturated carbocycles. The molecular weight excluding hydrogens is 283 g/mol. The van der Waals surface area contributed by atoms with Gasteiger partial charge in [-0.3, -0.25) is 9.78 Å². The van der Waals surface area contributed by atoms with Gasteiger partial charge in [-0.2, -0.15) is 0 Å². The number of ether oxygens (including phenoxy) is 1. The minimum absolute atomic E-state index is 0. The molecule has 0 fully saturated rings. The summed E-state index contributed by atoms with van der Waals surface area (Å²) in [7, 11) is 0. The van der Waals surface area contributed by atoms with Gasteiger partial charge in [-0.1, -0.05) is 0 Å². The summed E-state index contributed by atoms with van der Waals surface area (Å²) in [6.45, 7) is 2.16. The van der Waals surface area contributed by atoms with Crippen LogP contribution in [0.5, 0.6) is 5.75 Å². The highest BCUT2D eigenvalue weighted by Gasteiger charge is 2.08. The van der Waals surface area contributed by atoms with Crippen molar-refractivity contribution >= 4 is 24.0 Å². The second kappa shape index (κ2) is 7.45. The summed E-state index contributed by atoms with van der Waals surface area (Å²) in [5.74, 6) is -0.677. The first kappa shape index (κ1) is 15.9. The van der Waals surface area contributed by atoms with Gasteiger partial charge in [0.05, 0.1) is 12.2 Å². The number of hydrogen-bond donors (Lipinski definition) is 1. The summed E-state index contributed by atoms with van der Waals surface area (Å²) in [5.41, 5.74) is 0.784. The molecular formula is C14H14ClFN2O2. The average molecular weight is 297 g/mol. The summed E-state index contributed by atoms with van der Waals surface area (Å²) in [6.07, 6.45) is 3.02. The largest absolute Gasteiger partial charge is 0.491 e. The zero-order valence-corrected chi connectivity index (χ0v) is 11.6. The Bertz CT molecular complexity index is 579. The number of hydrogen-bond acceptors (Lipinski definition) is 3. The second-order valence-corrected chi connectivity index (χ2v) is 3.77. The Morgan fingerprint density at radius 1 is 1.40 bits per heavy atom. The van der Waals surface area contributed by atoms with Crippen molar-refractivity contribution in [3.05, 3.63) is 54.1 Å². The maximum atomic E-state index is 13.6. The molecule has 0 aliphatic rings. The lowest BCUT2D eigenvalue weighted by molar-refractivity contribution is 0.102. The molecule has 0 bridgehead atoms. The van der Waals surface area contributed by atoms with E-state index in [0.717, 1.165) is 0 Å². The Labute approximate surface area is 122 Å². The van der Waals surface area contributed by atoms with Crippen molar-refractivity contribution in [3.63, 3.8) is 0 Å². The molecule has 1 amide bonds. The molecule has 1 aromatic carbocycles. The van der Waals surface area contributed by atoms with Gasteiger partial charge in [-0.15, -0.1) is 12.4 Å². The number of carbonyl (C=O) groups is 1. The molecule has 0 atom stereocenters. The first-order valence-electron chi connectivity index (χ1n) is 5.84. The molecule has 0 aliphatic heterocycles. The lowest BCUT2D eigenvalue weighted by Crippen LogP contribution is -2.12. The quantitative estimate of drug-likeness (QED) is 0.942. The highest BCUT2D eigenvalue weighted by Crippen LogP contribution is 2.21. The summed E-state index contributed by atoms with van der Waals surface area (Å²) in [4.78, 5) is 15.7. The van der Waals surface area contributed by atoms with E-state index in [-0.39, 0.29) is 24.1 Å². The van der Waals surface area contributed by atoms with E-state index in [0.29, 0.717) is 17.9 Å². The van der Waals surface area contributed by atoms with Crippen LogP contribution in [0.2, 0.25) is 0 Å². The minimum Gasteiger partial charge on any atom is -0.491 e. The standard InChI is InChI=1S/C14H13FN2O2.ClH/c1-2-19-13-6-5-11(8-12(13)15)17-14(18)10-4-3-7-16-9-10;/h3-9H,2H2,1H3,(H,17,18);1H. The van der Waals surface area contributed by atoms with E-state index in [1.165, 1.54) is 18.3 Å². The number of benzene rings is 1. The molecule has 20 heavy (non-hydrogen) atoms. The van der Waals surface area contributed by atoms with Gasteiger partial charge in [-0.05, 0) is 31.2 Å². The molecule has 2 aromatic rings. The summed E-state index contributed by atoms with van der Waals surface area (Å²) < 4.78 is 18.7. The van der Waals surface area contributed by atoms with Crippen LogP contribution in [0.15, 0.2) is 42.7 Å². The lowest BCUT2D eigenvalue weighted by Gasteiger charge is -2.08. The van der Waals surface area contributed by atoms with Crippen molar-refractivity contribution in [3.8, 4) is 5.75 Å². The normalized spacial score (nSPS) is 9.50. The van der Waals surface area contributed by atoms with Crippen molar-refractivity contribution in [1.29, 1.82) is 0 Å². The van der Waals surface area contributed by atoms with Gasteiger partial charge < -0.3 is 10.1 Å². The molecule has 0 aliphatic carbocycles. The van der Waals surface area contributed by atoms with E-state index in [1.807, 2.05) is 0 Å². The van der Waals surface area contributed by atoms with Crippen molar-refractivity contribution in [2.24, 2.45) is 0 Å². The van der Waals surface area contributed by atoms with E-state index in [1.54, 1.807) is 31.3 Å². The number of amides is 1. The van der Waals surface area contributed by atoms with Gasteiger partial charge in [0.25, 0.3) is 5.91 Å². The van der Waals surface area contributed by atoms with Crippen LogP contribution in [-0.2, 0) is 0 Å². The maximum absolute atomic E-state index is 13.6. The highest BCUT2D eigenvalue weighted by molar-refractivity contribution is 6.04. The molecule has 6 heteroatoms. The highest BCUT2D eigenvalue weighted by atomic mass is 35.5. The van der Waals surface area contributed by atoms with Gasteiger partial charge in [0.15, 0.2) is 11.6 Å². The third kappa shape index (κ3) is 3.93. The van der Waals surface area contributed by atoms with E-state index >= 15 is 0 Å². The zero-order valence-electron chi connectivity index (χ0n) is 10.8. The lowest BCUT2D eigenvalue weighted by atomic mass is 10.2. The number of carbonyl (C=O) groups excluding carboxylic acids is 1. The fourth-order valence-corrected chi connectivity index (χ4v) is 1.55. The third-order valence-electron chi connectivity index (χ3n) is 2.41. The Morgan fingerprint density at radius 3 is 2.80 bits per heavy atom. The van der Waals surface area contributed by atoms with Crippen LogP contribution in [0.4, 0.5) is 10.1 Å². The predicted octanol–water partition coefficient (Wildman–Crippen LogP) is 3.29. The topological polar surface area (TPSA) is 51.2 Å². The minimum atomic E-state index is -0.508. The van der Waals surface area contributed by atoms with Gasteiger partial charge in [0.2, 0.25) is 0 Å². The van der Waals surface area contributed by atoms with Crippen molar-refractivity contribution in [2.75, 3.05) is 11.9 Å². The van der Waals surface area contributed by atoms with E-state index in [4.69, 9.17) is 4.74 Å². The van der Waals surface area contributed by atoms with E-state index < -0.39 is 5.82 Å². The van der Waals surface area contributed by atoms with Crippen LogP contribution in [0.1, 0.15) is 17.3 Å². The summed E-state index contributed by atoms with van der Waals surface area (Å²) in [6, 6.07) is 7.58. The van der Waals surface area contributed by atoms with Crippen LogP contribution in [0.3, 0.4) is 0 Å². The fourth-order valence-electron chi connectivity index (χ4n) is 1.55. The summed E-state index contributed by atoms with van der Waals surface area (Å²) >= 11 is 0. The molecule has 4 nitrogen and oxygen atoms in total. The van der Waals surface area contributed by atoms with Gasteiger partial charge in [0.1, 0.15) is 0 Å². The maximum Gasteiger partial charge on any atom is 0.257 e. The van der Waals surface area contributed by atoms with Crippen LogP contribution in [-0.4, -0.2) is 17.5 Å². The molecule has 1 heterocycles. The zero-order chi connectivity index (χ0) is 13.7. The second-order valence-electron chi connectivity index (χ2n) is 3.77. The number of nitrogens with zero attached hydrogens (tertiary/aromatic N) is 1. The fraction of sp³-hybridized carbons (Fsp3) is 0.143. The van der Waals surface area contributed by atoms with Gasteiger partial charge >= 0.3 is 0 Å². The molecule has 0 saturated heterocycles. The van der Waals surface area contributed by atoms with Crippen molar-refractivity contribution in [1.82, 2.24) is 4.98 Å². The van der Waals surface area contributed by atoms with Gasteiger partial charge in [-0.25, -0.2) is 4.39 Å². The molecule has 2 rings (SSSR count). The Morgan fingerprint density at radius 2 is 2.20 bits per heavy atom. The Kier molecular flexibility index (Phi) is 5.93. The first-order chi connectivity index (χ1) is 9.20. The smallest absolute Gasteiger partial charge is 0.257 e. The average Bonchev–Trinajstić information content (AvgIpc) is 2.43. The van der Waals surface area contributed by atoms with Crippen LogP contribution < -0.4 is 10.1 Å². The van der Waals surface area contributed by atoms with Crippen LogP contribution in [0, 0.1) is 5.82 Å². The molecule has 1 aromatic heterocycles. The predicted molar refractivity (Wildman–Crippen MR) is 77.0 cm³/mol. The number of anilines is 1. The molecule has 106 valence electrons. The molecule has 1 N–H and O–H groups in total.